The van der Waals surface area contributed by atoms with Gasteiger partial charge in [0.25, 0.3) is 0 Å². The highest BCUT2D eigenvalue weighted by Gasteiger charge is 2.23. The lowest BCUT2D eigenvalue weighted by molar-refractivity contribution is -0.117. The second-order valence-electron chi connectivity index (χ2n) is 5.66. The van der Waals surface area contributed by atoms with Gasteiger partial charge >= 0.3 is 0 Å². The predicted molar refractivity (Wildman–Crippen MR) is 86.6 cm³/mol. The maximum absolute atomic E-state index is 12.3. The number of rotatable bonds is 4. The van der Waals surface area contributed by atoms with Crippen molar-refractivity contribution in [1.82, 2.24) is 9.78 Å². The van der Waals surface area contributed by atoms with Crippen LogP contribution < -0.4 is 0 Å². The highest BCUT2D eigenvalue weighted by Crippen LogP contribution is 2.28. The van der Waals surface area contributed by atoms with E-state index >= 15 is 0 Å². The minimum Gasteiger partial charge on any atom is -0.298 e. The fourth-order valence-electron chi connectivity index (χ4n) is 2.99. The van der Waals surface area contributed by atoms with Crippen LogP contribution >= 0.6 is 23.5 Å². The summed E-state index contributed by atoms with van der Waals surface area (Å²) < 4.78 is 2.10. The highest BCUT2D eigenvalue weighted by atomic mass is 32.2. The first-order valence-electron chi connectivity index (χ1n) is 7.59. The number of hydrogen-bond donors (Lipinski definition) is 0. The maximum atomic E-state index is 12.3. The Morgan fingerprint density at radius 2 is 2.15 bits per heavy atom. The molecule has 1 aromatic heterocycles. The van der Waals surface area contributed by atoms with Crippen molar-refractivity contribution in [3.8, 4) is 0 Å². The maximum Gasteiger partial charge on any atom is 0.152 e. The molecule has 1 saturated heterocycles. The number of Topliss-reactive ketones (excluding diaryl/α,β-unsaturated/α-hetero) is 1. The van der Waals surface area contributed by atoms with Crippen LogP contribution in [0.25, 0.3) is 0 Å². The summed E-state index contributed by atoms with van der Waals surface area (Å²) in [4.78, 5) is 12.3. The van der Waals surface area contributed by atoms with Gasteiger partial charge in [0.1, 0.15) is 0 Å². The molecule has 5 heteroatoms. The minimum atomic E-state index is 0.189. The van der Waals surface area contributed by atoms with Crippen molar-refractivity contribution in [2.45, 2.75) is 49.8 Å². The van der Waals surface area contributed by atoms with E-state index in [1.165, 1.54) is 37.9 Å². The smallest absolute Gasteiger partial charge is 0.152 e. The lowest BCUT2D eigenvalue weighted by Crippen LogP contribution is -2.26. The molecule has 1 aliphatic carbocycles. The lowest BCUT2D eigenvalue weighted by atomic mass is 9.96. The van der Waals surface area contributed by atoms with Crippen LogP contribution in [0.15, 0.2) is 12.3 Å². The van der Waals surface area contributed by atoms with E-state index in [9.17, 15) is 4.79 Å². The van der Waals surface area contributed by atoms with Gasteiger partial charge < -0.3 is 0 Å². The summed E-state index contributed by atoms with van der Waals surface area (Å²) in [7, 11) is 0. The molecule has 1 unspecified atom stereocenters. The number of thioether (sulfide) groups is 2. The second-order valence-corrected chi connectivity index (χ2v) is 8.12. The Kier molecular flexibility index (Phi) is 5.10. The molecule has 0 aromatic carbocycles. The summed E-state index contributed by atoms with van der Waals surface area (Å²) in [5, 5.41) is 4.84. The molecule has 0 amide bonds. The van der Waals surface area contributed by atoms with Crippen LogP contribution in [0.5, 0.6) is 0 Å². The van der Waals surface area contributed by atoms with Gasteiger partial charge in [-0.25, -0.2) is 0 Å². The normalized spacial score (nSPS) is 24.7. The molecule has 3 rings (SSSR count). The van der Waals surface area contributed by atoms with Crippen molar-refractivity contribution >= 4 is 29.3 Å². The van der Waals surface area contributed by atoms with E-state index in [1.807, 2.05) is 29.6 Å². The van der Waals surface area contributed by atoms with Crippen molar-refractivity contribution in [3.63, 3.8) is 0 Å². The zero-order valence-corrected chi connectivity index (χ0v) is 13.4. The quantitative estimate of drug-likeness (QED) is 0.854. The van der Waals surface area contributed by atoms with E-state index in [2.05, 4.69) is 16.0 Å². The Balaban J connectivity index is 1.57. The highest BCUT2D eigenvalue weighted by molar-refractivity contribution is 8.07. The predicted octanol–water partition coefficient (Wildman–Crippen LogP) is 3.35. The number of ketones is 1. The first-order chi connectivity index (χ1) is 9.83. The molecule has 1 saturated carbocycles. The number of nitrogens with zero attached hydrogens (tertiary/aromatic N) is 2. The second kappa shape index (κ2) is 7.03. The van der Waals surface area contributed by atoms with Gasteiger partial charge in [-0.15, -0.1) is 11.8 Å². The van der Waals surface area contributed by atoms with Gasteiger partial charge in [-0.2, -0.15) is 16.9 Å². The summed E-state index contributed by atoms with van der Waals surface area (Å²) in [6.45, 7) is 0. The van der Waals surface area contributed by atoms with Gasteiger partial charge in [-0.05, 0) is 18.9 Å². The number of hydrogen-bond acceptors (Lipinski definition) is 4. The monoisotopic (exact) mass is 310 g/mol. The zero-order chi connectivity index (χ0) is 13.8. The van der Waals surface area contributed by atoms with Crippen LogP contribution in [0.3, 0.4) is 0 Å². The van der Waals surface area contributed by atoms with Gasteiger partial charge in [-0.1, -0.05) is 19.3 Å². The van der Waals surface area contributed by atoms with E-state index < -0.39 is 0 Å². The SMILES string of the molecule is O=C(Cc1ccn(C2CCCCC2)n1)C1CSCCS1. The third kappa shape index (κ3) is 3.61. The van der Waals surface area contributed by atoms with Crippen LogP contribution in [-0.2, 0) is 11.2 Å². The molecule has 0 radical (unpaired) electrons. The molecule has 110 valence electrons. The molecule has 1 atom stereocenters. The number of carbonyl (C=O) groups is 1. The summed E-state index contributed by atoms with van der Waals surface area (Å²) in [6.07, 6.45) is 9.05. The number of carbonyl (C=O) groups excluding carboxylic acids is 1. The molecule has 1 aliphatic heterocycles. The Labute approximate surface area is 129 Å². The van der Waals surface area contributed by atoms with Crippen LogP contribution in [-0.4, -0.2) is 38.1 Å². The van der Waals surface area contributed by atoms with Crippen LogP contribution in [0.1, 0.15) is 43.8 Å². The van der Waals surface area contributed by atoms with Crippen LogP contribution in [0.4, 0.5) is 0 Å². The molecule has 2 heterocycles. The first-order valence-corrected chi connectivity index (χ1v) is 9.79. The molecular weight excluding hydrogens is 288 g/mol. The van der Waals surface area contributed by atoms with Crippen molar-refractivity contribution < 1.29 is 4.79 Å². The summed E-state index contributed by atoms with van der Waals surface area (Å²) in [6, 6.07) is 2.60. The minimum absolute atomic E-state index is 0.189. The van der Waals surface area contributed by atoms with E-state index in [0.717, 1.165) is 17.2 Å². The fraction of sp³-hybridized carbons (Fsp3) is 0.733. The third-order valence-electron chi connectivity index (χ3n) is 4.14. The first kappa shape index (κ1) is 14.5. The Bertz CT molecular complexity index is 448. The van der Waals surface area contributed by atoms with Crippen molar-refractivity contribution in [1.29, 1.82) is 0 Å². The average Bonchev–Trinajstić information content (AvgIpc) is 2.97. The average molecular weight is 310 g/mol. The Morgan fingerprint density at radius 3 is 2.90 bits per heavy atom. The summed E-state index contributed by atoms with van der Waals surface area (Å²) in [5.41, 5.74) is 0.955. The molecule has 0 bridgehead atoms. The summed E-state index contributed by atoms with van der Waals surface area (Å²) in [5.74, 6) is 3.63. The molecule has 0 N–H and O–H groups in total. The van der Waals surface area contributed by atoms with Gasteiger partial charge in [0.05, 0.1) is 23.4 Å². The Hall–Kier alpha value is -0.420. The van der Waals surface area contributed by atoms with Crippen LogP contribution in [0.2, 0.25) is 0 Å². The van der Waals surface area contributed by atoms with Gasteiger partial charge in [0.2, 0.25) is 0 Å². The molecule has 20 heavy (non-hydrogen) atoms. The molecule has 2 aliphatic rings. The third-order valence-corrected chi connectivity index (χ3v) is 6.95. The van der Waals surface area contributed by atoms with E-state index in [0.29, 0.717) is 18.2 Å². The molecule has 1 aromatic rings. The Morgan fingerprint density at radius 1 is 1.30 bits per heavy atom. The van der Waals surface area contributed by atoms with Crippen molar-refractivity contribution in [2.24, 2.45) is 0 Å². The van der Waals surface area contributed by atoms with Gasteiger partial charge in [0.15, 0.2) is 5.78 Å². The van der Waals surface area contributed by atoms with E-state index in [1.54, 1.807) is 0 Å². The largest absolute Gasteiger partial charge is 0.298 e. The van der Waals surface area contributed by atoms with Crippen molar-refractivity contribution in [3.05, 3.63) is 18.0 Å². The van der Waals surface area contributed by atoms with Gasteiger partial charge in [0, 0.05) is 23.5 Å². The topological polar surface area (TPSA) is 34.9 Å². The zero-order valence-electron chi connectivity index (χ0n) is 11.8. The van der Waals surface area contributed by atoms with Crippen molar-refractivity contribution in [2.75, 3.05) is 17.3 Å². The van der Waals surface area contributed by atoms with E-state index in [-0.39, 0.29) is 5.25 Å². The molecule has 2 fully saturated rings. The van der Waals surface area contributed by atoms with Gasteiger partial charge in [-0.3, -0.25) is 9.48 Å². The molecular formula is C15H22N2OS2. The number of aromatic nitrogens is 2. The standard InChI is InChI=1S/C15H22N2OS2/c18-14(15-11-19-8-9-20-15)10-12-6-7-17(16-12)13-4-2-1-3-5-13/h6-7,13,15H,1-5,8-11H2. The van der Waals surface area contributed by atoms with E-state index in [4.69, 9.17) is 0 Å². The fourth-order valence-corrected chi connectivity index (χ4v) is 5.64. The lowest BCUT2D eigenvalue weighted by Gasteiger charge is -2.22. The molecule has 0 spiro atoms. The summed E-state index contributed by atoms with van der Waals surface area (Å²) >= 11 is 3.72. The molecule has 3 nitrogen and oxygen atoms in total. The van der Waals surface area contributed by atoms with Crippen LogP contribution in [0, 0.1) is 0 Å².